The van der Waals surface area contributed by atoms with Gasteiger partial charge in [0, 0.05) is 18.7 Å². The van der Waals surface area contributed by atoms with E-state index in [4.69, 9.17) is 0 Å². The molecule has 8 heteroatoms. The molecule has 3 rings (SSSR count). The Labute approximate surface area is 149 Å². The summed E-state index contributed by atoms with van der Waals surface area (Å²) in [6, 6.07) is 7.11. The number of halogens is 3. The molecule has 0 aliphatic carbocycles. The fourth-order valence-corrected chi connectivity index (χ4v) is 3.38. The van der Waals surface area contributed by atoms with Crippen LogP contribution in [-0.4, -0.2) is 47.3 Å². The Morgan fingerprint density at radius 1 is 1.35 bits per heavy atom. The first-order valence-electron chi connectivity index (χ1n) is 8.55. The highest BCUT2D eigenvalue weighted by atomic mass is 19.4. The van der Waals surface area contributed by atoms with Crippen LogP contribution >= 0.6 is 0 Å². The van der Waals surface area contributed by atoms with Crippen molar-refractivity contribution >= 4 is 5.91 Å². The molecule has 5 nitrogen and oxygen atoms in total. The van der Waals surface area contributed by atoms with Crippen LogP contribution in [-0.2, 0) is 6.18 Å². The predicted octanol–water partition coefficient (Wildman–Crippen LogP) is 2.96. The lowest BCUT2D eigenvalue weighted by molar-refractivity contribution is -0.142. The summed E-state index contributed by atoms with van der Waals surface area (Å²) in [5.41, 5.74) is -0.276. The average Bonchev–Trinajstić information content (AvgIpc) is 3.12. The molecule has 0 saturated carbocycles. The van der Waals surface area contributed by atoms with Crippen molar-refractivity contribution in [2.24, 2.45) is 5.92 Å². The van der Waals surface area contributed by atoms with Crippen LogP contribution in [0.5, 0.6) is 0 Å². The third kappa shape index (κ3) is 3.90. The van der Waals surface area contributed by atoms with Gasteiger partial charge in [-0.05, 0) is 56.6 Å². The summed E-state index contributed by atoms with van der Waals surface area (Å²) in [4.78, 5) is 14.6. The second-order valence-electron chi connectivity index (χ2n) is 6.49. The van der Waals surface area contributed by atoms with E-state index in [2.05, 4.69) is 10.4 Å². The monoisotopic (exact) mass is 366 g/mol. The van der Waals surface area contributed by atoms with Gasteiger partial charge in [0.1, 0.15) is 5.69 Å². The Hall–Kier alpha value is -2.35. The van der Waals surface area contributed by atoms with E-state index in [-0.39, 0.29) is 11.6 Å². The van der Waals surface area contributed by atoms with Gasteiger partial charge in [-0.25, -0.2) is 4.68 Å². The molecule has 2 heterocycles. The summed E-state index contributed by atoms with van der Waals surface area (Å²) >= 11 is 0. The van der Waals surface area contributed by atoms with Gasteiger partial charge in [-0.3, -0.25) is 4.79 Å². The maximum atomic E-state index is 13.1. The number of alkyl halides is 3. The molecular formula is C18H21F3N4O. The van der Waals surface area contributed by atoms with Crippen molar-refractivity contribution < 1.29 is 18.0 Å². The van der Waals surface area contributed by atoms with Gasteiger partial charge in [0.25, 0.3) is 5.91 Å². The minimum absolute atomic E-state index is 0.159. The van der Waals surface area contributed by atoms with Crippen LogP contribution in [0.25, 0.3) is 5.69 Å². The number of likely N-dealkylation sites (tertiary alicyclic amines) is 1. The molecule has 1 aliphatic rings. The van der Waals surface area contributed by atoms with Gasteiger partial charge < -0.3 is 10.2 Å². The van der Waals surface area contributed by atoms with Crippen LogP contribution in [0.4, 0.5) is 13.2 Å². The minimum atomic E-state index is -4.51. The van der Waals surface area contributed by atoms with E-state index < -0.39 is 11.9 Å². The molecule has 1 saturated heterocycles. The number of nitrogens with zero attached hydrogens (tertiary/aromatic N) is 3. The molecule has 1 aliphatic heterocycles. The van der Waals surface area contributed by atoms with Gasteiger partial charge in [-0.1, -0.05) is 6.07 Å². The van der Waals surface area contributed by atoms with Gasteiger partial charge in [-0.15, -0.1) is 0 Å². The molecule has 1 fully saturated rings. The number of rotatable bonds is 4. The number of benzene rings is 1. The summed E-state index contributed by atoms with van der Waals surface area (Å²) in [5, 5.41) is 6.89. The van der Waals surface area contributed by atoms with Crippen molar-refractivity contribution in [2.45, 2.75) is 19.0 Å². The van der Waals surface area contributed by atoms with E-state index >= 15 is 0 Å². The first-order chi connectivity index (χ1) is 12.4. The van der Waals surface area contributed by atoms with E-state index in [1.54, 1.807) is 17.0 Å². The molecule has 1 aromatic carbocycles. The van der Waals surface area contributed by atoms with Crippen LogP contribution in [0.3, 0.4) is 0 Å². The Kier molecular flexibility index (Phi) is 5.31. The van der Waals surface area contributed by atoms with E-state index in [1.807, 2.05) is 7.05 Å². The Morgan fingerprint density at radius 2 is 2.15 bits per heavy atom. The number of carbonyl (C=O) groups excluding carboxylic acids is 1. The number of aromatic nitrogens is 2. The number of carbonyl (C=O) groups is 1. The zero-order chi connectivity index (χ0) is 18.7. The fourth-order valence-electron chi connectivity index (χ4n) is 3.38. The second kappa shape index (κ2) is 7.49. The standard InChI is InChI=1S/C18H21F3N4O/c1-22-11-13-4-3-9-24(12-13)17(26)14-5-2-6-15(10-14)25-16(7-8-23-25)18(19,20)21/h2,5-8,10,13,22H,3-4,9,11-12H2,1H3/t13-/m1/s1. The summed E-state index contributed by atoms with van der Waals surface area (Å²) < 4.78 is 40.1. The van der Waals surface area contributed by atoms with Crippen LogP contribution in [0.2, 0.25) is 0 Å². The largest absolute Gasteiger partial charge is 0.433 e. The molecule has 0 unspecified atom stereocenters. The van der Waals surface area contributed by atoms with Gasteiger partial charge >= 0.3 is 6.18 Å². The lowest BCUT2D eigenvalue weighted by Crippen LogP contribution is -2.42. The SMILES string of the molecule is CNC[C@H]1CCCN(C(=O)c2cccc(-n3nccc3C(F)(F)F)c2)C1. The van der Waals surface area contributed by atoms with E-state index in [0.717, 1.165) is 36.3 Å². The maximum absolute atomic E-state index is 13.1. The van der Waals surface area contributed by atoms with Crippen molar-refractivity contribution in [1.29, 1.82) is 0 Å². The van der Waals surface area contributed by atoms with E-state index in [1.165, 1.54) is 12.1 Å². The quantitative estimate of drug-likeness (QED) is 0.905. The molecule has 26 heavy (non-hydrogen) atoms. The molecule has 1 atom stereocenters. The normalized spacial score (nSPS) is 18.2. The average molecular weight is 366 g/mol. The van der Waals surface area contributed by atoms with E-state index in [0.29, 0.717) is 24.6 Å². The topological polar surface area (TPSA) is 50.2 Å². The lowest BCUT2D eigenvalue weighted by Gasteiger charge is -2.32. The first kappa shape index (κ1) is 18.4. The van der Waals surface area contributed by atoms with Crippen LogP contribution in [0.1, 0.15) is 28.9 Å². The smallest absolute Gasteiger partial charge is 0.338 e. The zero-order valence-electron chi connectivity index (χ0n) is 14.5. The van der Waals surface area contributed by atoms with Crippen molar-refractivity contribution in [3.63, 3.8) is 0 Å². The van der Waals surface area contributed by atoms with Crippen molar-refractivity contribution in [3.05, 3.63) is 47.8 Å². The third-order valence-electron chi connectivity index (χ3n) is 4.57. The van der Waals surface area contributed by atoms with Crippen molar-refractivity contribution in [1.82, 2.24) is 20.0 Å². The lowest BCUT2D eigenvalue weighted by atomic mass is 9.97. The van der Waals surface area contributed by atoms with Gasteiger partial charge in [0.05, 0.1) is 11.9 Å². The van der Waals surface area contributed by atoms with Gasteiger partial charge in [0.2, 0.25) is 0 Å². The molecule has 2 aromatic rings. The van der Waals surface area contributed by atoms with Crippen LogP contribution in [0, 0.1) is 5.92 Å². The number of hydrogen-bond acceptors (Lipinski definition) is 3. The minimum Gasteiger partial charge on any atom is -0.338 e. The Morgan fingerprint density at radius 3 is 2.88 bits per heavy atom. The van der Waals surface area contributed by atoms with Gasteiger partial charge in [0.15, 0.2) is 0 Å². The highest BCUT2D eigenvalue weighted by Crippen LogP contribution is 2.30. The molecule has 1 aromatic heterocycles. The highest BCUT2D eigenvalue weighted by molar-refractivity contribution is 5.94. The first-order valence-corrected chi connectivity index (χ1v) is 8.55. The summed E-state index contributed by atoms with van der Waals surface area (Å²) in [6.45, 7) is 2.16. The fraction of sp³-hybridized carbons (Fsp3) is 0.444. The Bertz CT molecular complexity index is 770. The number of hydrogen-bond donors (Lipinski definition) is 1. The third-order valence-corrected chi connectivity index (χ3v) is 4.57. The zero-order valence-corrected chi connectivity index (χ0v) is 14.5. The molecule has 0 bridgehead atoms. The van der Waals surface area contributed by atoms with Gasteiger partial charge in [-0.2, -0.15) is 18.3 Å². The van der Waals surface area contributed by atoms with Crippen LogP contribution in [0.15, 0.2) is 36.5 Å². The van der Waals surface area contributed by atoms with Crippen molar-refractivity contribution in [3.8, 4) is 5.69 Å². The molecule has 0 spiro atoms. The highest BCUT2D eigenvalue weighted by Gasteiger charge is 2.35. The van der Waals surface area contributed by atoms with Crippen LogP contribution < -0.4 is 5.32 Å². The van der Waals surface area contributed by atoms with Crippen molar-refractivity contribution in [2.75, 3.05) is 26.7 Å². The summed E-state index contributed by atoms with van der Waals surface area (Å²) in [6.07, 6.45) is -1.42. The predicted molar refractivity (Wildman–Crippen MR) is 91.1 cm³/mol. The molecule has 1 N–H and O–H groups in total. The van der Waals surface area contributed by atoms with E-state index in [9.17, 15) is 18.0 Å². The Balaban J connectivity index is 1.84. The second-order valence-corrected chi connectivity index (χ2v) is 6.49. The number of nitrogens with one attached hydrogen (secondary N) is 1. The number of amides is 1. The molecule has 1 amide bonds. The summed E-state index contributed by atoms with van der Waals surface area (Å²) in [7, 11) is 1.88. The summed E-state index contributed by atoms with van der Waals surface area (Å²) in [5.74, 6) is 0.234. The number of piperidine rings is 1. The maximum Gasteiger partial charge on any atom is 0.433 e. The molecule has 0 radical (unpaired) electrons. The molecular weight excluding hydrogens is 345 g/mol. The molecule has 140 valence electrons.